The van der Waals surface area contributed by atoms with Gasteiger partial charge in [-0.15, -0.1) is 0 Å². The summed E-state index contributed by atoms with van der Waals surface area (Å²) in [7, 11) is 0. The van der Waals surface area contributed by atoms with E-state index < -0.39 is 11.3 Å². The molecular weight excluding hydrogens is 512 g/mol. The van der Waals surface area contributed by atoms with Crippen LogP contribution in [0.5, 0.6) is 0 Å². The van der Waals surface area contributed by atoms with Crippen molar-refractivity contribution in [1.29, 1.82) is 1.43 Å². The van der Waals surface area contributed by atoms with Crippen molar-refractivity contribution in [2.75, 3.05) is 25.0 Å². The number of carbonyl (C=O) groups excluding carboxylic acids is 5. The Morgan fingerprint density at radius 2 is 1.88 bits per heavy atom. The number of Topliss-reactive ketones (excluding diaryl/α,β-unsaturated/α-hetero) is 1. The summed E-state index contributed by atoms with van der Waals surface area (Å²) in [4.78, 5) is 65.1. The fourth-order valence-electron chi connectivity index (χ4n) is 5.40. The van der Waals surface area contributed by atoms with E-state index in [1.807, 2.05) is 0 Å². The number of amides is 4. The molecule has 2 fully saturated rings. The highest BCUT2D eigenvalue weighted by Gasteiger charge is 2.50. The number of benzene rings is 1. The largest absolute Gasteiger partial charge is 0.392 e. The molecule has 40 heavy (non-hydrogen) atoms. The molecule has 1 unspecified atom stereocenters. The molecule has 1 aromatic rings. The molecule has 1 aliphatic heterocycles. The van der Waals surface area contributed by atoms with Gasteiger partial charge in [-0.1, -0.05) is 31.9 Å². The van der Waals surface area contributed by atoms with E-state index in [2.05, 4.69) is 15.7 Å². The minimum absolute atomic E-state index is 0.00902. The highest BCUT2D eigenvalue weighted by molar-refractivity contribution is 6.08. The van der Waals surface area contributed by atoms with Crippen LogP contribution in [0.2, 0.25) is 0 Å². The molecule has 10 nitrogen and oxygen atoms in total. The van der Waals surface area contributed by atoms with Crippen LogP contribution in [0.15, 0.2) is 24.3 Å². The predicted octanol–water partition coefficient (Wildman–Crippen LogP) is 2.67. The highest BCUT2D eigenvalue weighted by atomic mass is 16.3. The van der Waals surface area contributed by atoms with Crippen molar-refractivity contribution in [3.8, 4) is 0 Å². The number of carbonyl (C=O) groups is 5. The van der Waals surface area contributed by atoms with Crippen molar-refractivity contribution in [2.45, 2.75) is 84.2 Å². The molecule has 1 saturated carbocycles. The molecule has 220 valence electrons. The second-order valence-corrected chi connectivity index (χ2v) is 11.2. The smallest absolute Gasteiger partial charge is 0.233 e. The summed E-state index contributed by atoms with van der Waals surface area (Å²) in [6.07, 6.45) is 6.04. The Kier molecular flexibility index (Phi) is 11.2. The van der Waals surface area contributed by atoms with E-state index in [0.717, 1.165) is 24.8 Å². The topological polar surface area (TPSA) is 159 Å². The van der Waals surface area contributed by atoms with Crippen LogP contribution >= 0.6 is 0 Å². The summed E-state index contributed by atoms with van der Waals surface area (Å²) in [5.41, 5.74) is 5.95. The fraction of sp³-hybridized carbons (Fsp3) is 0.633. The molecule has 0 aromatic heterocycles. The lowest BCUT2D eigenvalue weighted by Crippen LogP contribution is -2.52. The summed E-state index contributed by atoms with van der Waals surface area (Å²) in [6.45, 7) is 3.22. The fourth-order valence-corrected chi connectivity index (χ4v) is 5.40. The number of rotatable bonds is 18. The number of aliphatic hydroxyl groups is 1. The molecule has 0 spiro atoms. The molecule has 2 atom stereocenters. The van der Waals surface area contributed by atoms with Crippen molar-refractivity contribution >= 4 is 35.1 Å². The van der Waals surface area contributed by atoms with Crippen LogP contribution < -0.4 is 16.4 Å². The number of hydrogen-bond acceptors (Lipinski definition) is 7. The van der Waals surface area contributed by atoms with E-state index in [0.29, 0.717) is 63.8 Å². The molecule has 3 rings (SSSR count). The Morgan fingerprint density at radius 1 is 1.12 bits per heavy atom. The van der Waals surface area contributed by atoms with Gasteiger partial charge in [-0.2, -0.15) is 0 Å². The molecular formula is C30H44N4O6. The molecule has 10 heteroatoms. The first kappa shape index (κ1) is 29.9. The van der Waals surface area contributed by atoms with Gasteiger partial charge in [0.25, 0.3) is 0 Å². The molecule has 5 N–H and O–H groups in total. The maximum atomic E-state index is 13.5. The van der Waals surface area contributed by atoms with E-state index in [1.54, 1.807) is 31.2 Å². The van der Waals surface area contributed by atoms with Crippen LogP contribution in [0.4, 0.5) is 5.69 Å². The number of nitrogens with zero attached hydrogens (tertiary/aromatic N) is 1. The minimum Gasteiger partial charge on any atom is -0.392 e. The van der Waals surface area contributed by atoms with Crippen LogP contribution in [0.1, 0.15) is 83.1 Å². The maximum absolute atomic E-state index is 13.5. The third kappa shape index (κ3) is 7.97. The molecule has 1 aliphatic carbocycles. The number of nitrogens with two attached hydrogens (primary N) is 1. The van der Waals surface area contributed by atoms with Gasteiger partial charge in [-0.25, -0.2) is 0 Å². The van der Waals surface area contributed by atoms with Crippen LogP contribution in [0.25, 0.3) is 0 Å². The lowest BCUT2D eigenvalue weighted by Gasteiger charge is -2.39. The van der Waals surface area contributed by atoms with Crippen LogP contribution in [-0.2, 0) is 30.6 Å². The van der Waals surface area contributed by atoms with Crippen LogP contribution in [-0.4, -0.2) is 60.5 Å². The molecule has 0 bridgehead atoms. The molecule has 1 aromatic carbocycles. The number of unbranched alkanes of at least 4 members (excludes halogenated alkanes) is 3. The van der Waals surface area contributed by atoms with Crippen molar-refractivity contribution in [1.82, 2.24) is 10.2 Å². The van der Waals surface area contributed by atoms with Gasteiger partial charge in [0.15, 0.2) is 0 Å². The Bertz CT molecular complexity index is 1080. The van der Waals surface area contributed by atoms with Gasteiger partial charge < -0.3 is 21.5 Å². The van der Waals surface area contributed by atoms with Crippen molar-refractivity contribution < 1.29 is 29.1 Å². The van der Waals surface area contributed by atoms with Gasteiger partial charge >= 0.3 is 0 Å². The lowest BCUT2D eigenvalue weighted by atomic mass is 9.63. The number of anilines is 1. The van der Waals surface area contributed by atoms with E-state index >= 15 is 0 Å². The highest BCUT2D eigenvalue weighted by Crippen LogP contribution is 2.44. The Balaban J connectivity index is 1.50. The number of hydrogen-bond donors (Lipinski definition) is 4. The van der Waals surface area contributed by atoms with Crippen molar-refractivity contribution in [3.05, 3.63) is 29.8 Å². The normalized spacial score (nSPS) is 19.1. The average Bonchev–Trinajstić information content (AvgIpc) is 3.16. The Hall–Kier alpha value is -3.11. The maximum Gasteiger partial charge on any atom is 0.233 e. The van der Waals surface area contributed by atoms with Gasteiger partial charge in [-0.05, 0) is 69.2 Å². The van der Waals surface area contributed by atoms with E-state index in [9.17, 15) is 24.0 Å². The number of nitrogens with one attached hydrogen (secondary N) is 2. The number of likely N-dealkylation sites (tertiary alicyclic amines) is 1. The summed E-state index contributed by atoms with van der Waals surface area (Å²) < 4.78 is 6.86. The zero-order chi connectivity index (χ0) is 29.8. The zero-order valence-corrected chi connectivity index (χ0v) is 23.5. The third-order valence-corrected chi connectivity index (χ3v) is 8.19. The SMILES string of the molecule is [2H]OCc1ccc(NC(=O)[C@H](CCCCN)CC(=O)C2(C(=O)NCCCCCN3C(=O)CC(C)C3=O)CCC2)cc1. The van der Waals surface area contributed by atoms with Gasteiger partial charge in [0.2, 0.25) is 25.1 Å². The van der Waals surface area contributed by atoms with Gasteiger partial charge in [0.1, 0.15) is 11.2 Å². The number of ketones is 1. The molecule has 1 saturated heterocycles. The summed E-state index contributed by atoms with van der Waals surface area (Å²) in [5, 5.41) is 10.2. The first-order valence-electron chi connectivity index (χ1n) is 15.0. The second-order valence-electron chi connectivity index (χ2n) is 11.2. The predicted molar refractivity (Wildman–Crippen MR) is 151 cm³/mol. The van der Waals surface area contributed by atoms with E-state index in [1.165, 1.54) is 4.90 Å². The standard InChI is InChI=1S/C30H44N4O6/c1-21-18-26(37)34(28(21)39)17-6-2-5-16-32-29(40)30(13-7-14-30)25(36)19-23(8-3-4-15-31)27(38)33-24-11-9-22(20-35)10-12-24/h9-12,21,23,35H,2-8,13-20,31H2,1H3,(H,32,40)(H,33,38)/t21?,23-/m1/s1/i35D. The Labute approximate surface area is 237 Å². The van der Waals surface area contributed by atoms with E-state index in [-0.39, 0.29) is 54.8 Å². The molecule has 2 aliphatic rings. The van der Waals surface area contributed by atoms with Gasteiger partial charge in [0, 0.05) is 43.5 Å². The Morgan fingerprint density at radius 3 is 2.48 bits per heavy atom. The van der Waals surface area contributed by atoms with E-state index in [4.69, 9.17) is 7.16 Å². The molecule has 1 heterocycles. The van der Waals surface area contributed by atoms with Crippen molar-refractivity contribution in [3.63, 3.8) is 0 Å². The van der Waals surface area contributed by atoms with Crippen LogP contribution in [0.3, 0.4) is 0 Å². The van der Waals surface area contributed by atoms with Crippen LogP contribution in [0, 0.1) is 17.3 Å². The average molecular weight is 558 g/mol. The third-order valence-electron chi connectivity index (χ3n) is 8.19. The summed E-state index contributed by atoms with van der Waals surface area (Å²) in [6, 6.07) is 6.98. The molecule has 4 amide bonds. The van der Waals surface area contributed by atoms with Gasteiger partial charge in [0.05, 0.1) is 6.61 Å². The first-order chi connectivity index (χ1) is 19.7. The summed E-state index contributed by atoms with van der Waals surface area (Å²) in [5.74, 6) is -1.79. The molecule has 0 radical (unpaired) electrons. The summed E-state index contributed by atoms with van der Waals surface area (Å²) >= 11 is 0. The number of aliphatic hydroxyl groups excluding tert-OH is 1. The zero-order valence-electron chi connectivity index (χ0n) is 24.5. The van der Waals surface area contributed by atoms with Gasteiger partial charge in [-0.3, -0.25) is 28.9 Å². The number of imide groups is 1. The first-order valence-corrected chi connectivity index (χ1v) is 14.6. The second kappa shape index (κ2) is 15.0. The lowest BCUT2D eigenvalue weighted by molar-refractivity contribution is -0.149. The monoisotopic (exact) mass is 557 g/mol. The van der Waals surface area contributed by atoms with Crippen molar-refractivity contribution in [2.24, 2.45) is 23.0 Å². The quantitative estimate of drug-likeness (QED) is 0.123. The minimum atomic E-state index is -1.09.